The predicted octanol–water partition coefficient (Wildman–Crippen LogP) is 15.6. The Bertz CT molecular complexity index is 3540. The molecule has 3 saturated carbocycles. The summed E-state index contributed by atoms with van der Waals surface area (Å²) in [6.07, 6.45) is 6.79. The van der Waals surface area contributed by atoms with Gasteiger partial charge >= 0.3 is 24.5 Å². The van der Waals surface area contributed by atoms with Crippen LogP contribution in [0.1, 0.15) is 119 Å². The van der Waals surface area contributed by atoms with Crippen LogP contribution in [0.4, 0.5) is 79.2 Å². The molecule has 0 bridgehead atoms. The number of rotatable bonds is 19. The van der Waals surface area contributed by atoms with Crippen LogP contribution in [0.25, 0.3) is 0 Å². The number of anilines is 6. The van der Waals surface area contributed by atoms with Crippen LogP contribution < -0.4 is 65.5 Å². The number of alkyl halides is 3. The quantitative estimate of drug-likeness (QED) is 0.0422. The van der Waals surface area contributed by atoms with Crippen LogP contribution in [0.5, 0.6) is 23.0 Å². The molecule has 0 aromatic heterocycles. The van der Waals surface area contributed by atoms with E-state index in [1.165, 1.54) is 18.2 Å². The molecular weight excluding hydrogens is 1360 g/mol. The minimum atomic E-state index is -4.83. The fourth-order valence-corrected chi connectivity index (χ4v) is 15.0. The van der Waals surface area contributed by atoms with E-state index in [0.717, 1.165) is 226 Å². The average Bonchev–Trinajstić information content (AvgIpc) is 0.829. The summed E-state index contributed by atoms with van der Waals surface area (Å²) in [6.45, 7) is 23.9. The van der Waals surface area contributed by atoms with Crippen LogP contribution in [0.3, 0.4) is 0 Å². The van der Waals surface area contributed by atoms with Gasteiger partial charge in [0.15, 0.2) is 5.75 Å². The van der Waals surface area contributed by atoms with Gasteiger partial charge in [-0.2, -0.15) is 0 Å². The molecule has 3 aliphatic carbocycles. The molecule has 12 rings (SSSR count). The fraction of sp³-hybridized carbons (Fsp3) is 0.506. The molecule has 6 fully saturated rings. The summed E-state index contributed by atoms with van der Waals surface area (Å²) in [4.78, 5) is 51.8. The maximum atomic E-state index is 13.3. The second-order valence-corrected chi connectivity index (χ2v) is 28.6. The molecule has 3 saturated heterocycles. The molecule has 105 heavy (non-hydrogen) atoms. The second-order valence-electron chi connectivity index (χ2n) is 28.6. The normalized spacial score (nSPS) is 21.2. The van der Waals surface area contributed by atoms with Crippen molar-refractivity contribution < 1.29 is 64.1 Å². The molecule has 3 heterocycles. The number of carbonyl (C=O) groups excluding carboxylic acids is 3. The Morgan fingerprint density at radius 2 is 0.629 bits per heavy atom. The van der Waals surface area contributed by atoms with E-state index >= 15 is 0 Å². The number of halogens is 7. The topological polar surface area (TPSA) is 180 Å². The van der Waals surface area contributed by atoms with Crippen molar-refractivity contribution in [3.63, 3.8) is 0 Å². The number of piperazine rings is 3. The molecule has 6 aromatic carbocycles. The number of hydrogen-bond donors (Lipinski definition) is 6. The molecule has 26 heteroatoms. The van der Waals surface area contributed by atoms with Gasteiger partial charge in [0, 0.05) is 138 Å². The molecule has 3 aliphatic heterocycles. The van der Waals surface area contributed by atoms with Gasteiger partial charge < -0.3 is 65.5 Å². The zero-order valence-corrected chi connectivity index (χ0v) is 61.1. The van der Waals surface area contributed by atoms with Gasteiger partial charge in [0.1, 0.15) is 40.5 Å². The lowest BCUT2D eigenvalue weighted by Crippen LogP contribution is -2.52. The minimum absolute atomic E-state index is 0.0201. The number of ether oxygens (including phenoxy) is 4. The third-order valence-electron chi connectivity index (χ3n) is 19.9. The molecule has 570 valence electrons. The van der Waals surface area contributed by atoms with E-state index in [1.807, 2.05) is 84.0 Å². The highest BCUT2D eigenvalue weighted by molar-refractivity contribution is 5.91. The number of carbonyl (C=O) groups is 3. The largest absolute Gasteiger partial charge is 0.573 e. The Kier molecular flexibility index (Phi) is 28.4. The average molecular weight is 1470 g/mol. The molecule has 19 nitrogen and oxygen atoms in total. The summed E-state index contributed by atoms with van der Waals surface area (Å²) in [5.41, 5.74) is 3.66. The lowest BCUT2D eigenvalue weighted by Gasteiger charge is -2.43. The number of nitrogens with one attached hydrogen (secondary N) is 6. The van der Waals surface area contributed by atoms with E-state index in [2.05, 4.69) is 96.4 Å². The van der Waals surface area contributed by atoms with Crippen molar-refractivity contribution in [2.45, 2.75) is 180 Å². The van der Waals surface area contributed by atoms with Gasteiger partial charge in [0.25, 0.3) is 0 Å². The zero-order valence-electron chi connectivity index (χ0n) is 61.1. The Morgan fingerprint density at radius 3 is 0.914 bits per heavy atom. The highest BCUT2D eigenvalue weighted by Gasteiger charge is 2.35. The lowest BCUT2D eigenvalue weighted by atomic mass is 9.90. The van der Waals surface area contributed by atoms with Gasteiger partial charge in [-0.3, -0.25) is 14.7 Å². The number of nitrogens with zero attached hydrogens (tertiary/aromatic N) is 6. The first-order valence-corrected chi connectivity index (χ1v) is 37.2. The van der Waals surface area contributed by atoms with Crippen LogP contribution >= 0.6 is 0 Å². The molecular formula is C79H103F7N12O7. The second kappa shape index (κ2) is 37.9. The smallest absolute Gasteiger partial charge is 0.489 e. The third kappa shape index (κ3) is 24.3. The van der Waals surface area contributed by atoms with Crippen molar-refractivity contribution in [3.05, 3.63) is 157 Å². The molecule has 0 radical (unpaired) electrons. The summed E-state index contributed by atoms with van der Waals surface area (Å²) in [5.74, 6) is -0.499. The Morgan fingerprint density at radius 1 is 0.362 bits per heavy atom. The van der Waals surface area contributed by atoms with Crippen LogP contribution in [0, 0.1) is 23.3 Å². The van der Waals surface area contributed by atoms with Gasteiger partial charge in [-0.1, -0.05) is 48.5 Å². The van der Waals surface area contributed by atoms with E-state index in [-0.39, 0.29) is 53.5 Å². The Labute approximate surface area is 612 Å². The lowest BCUT2D eigenvalue weighted by molar-refractivity contribution is -0.274. The fourth-order valence-electron chi connectivity index (χ4n) is 15.0. The van der Waals surface area contributed by atoms with Gasteiger partial charge in [-0.05, 0) is 191 Å². The summed E-state index contributed by atoms with van der Waals surface area (Å²) in [6, 6.07) is 36.4. The van der Waals surface area contributed by atoms with Crippen molar-refractivity contribution in [2.24, 2.45) is 0 Å². The first-order valence-electron chi connectivity index (χ1n) is 37.2. The summed E-state index contributed by atoms with van der Waals surface area (Å²) in [5, 5.41) is 16.3. The molecule has 0 spiro atoms. The standard InChI is InChI=1S/C27H35F3N4O3.2C26H34F2N4O2/c1-19(2)36-25-10-6-4-8-23(25)34-17-15-33(16-18-34)21-13-11-20(12-14-21)31-26(35)32-22-7-3-5-9-24(22)37-27(28,29)30;2*1-18(2)34-25-6-4-3-5-24(25)32-13-11-31(12-14-32)23-9-7-21(8-10-23)29-26(33)30-22-16-19(27)15-20(28)17-22/h3-10,19-21H,11-18H2,1-2H3,(H2,31,32,35);2*3-6,15-18,21,23H,7-14H2,1-2H3,(H2,29,30,33). The maximum Gasteiger partial charge on any atom is 0.573 e. The number of hydrogen-bond acceptors (Lipinski definition) is 13. The first kappa shape index (κ1) is 78.7. The number of para-hydroxylation sites is 8. The van der Waals surface area contributed by atoms with Gasteiger partial charge in [0.2, 0.25) is 0 Å². The van der Waals surface area contributed by atoms with Crippen molar-refractivity contribution in [2.75, 3.05) is 109 Å². The molecule has 6 N–H and O–H groups in total. The number of urea groups is 3. The SMILES string of the molecule is CC(C)Oc1ccccc1N1CCN(C2CCC(NC(=O)Nc3cc(F)cc(F)c3)CC2)CC1.CC(C)Oc1ccccc1N1CCN(C2CCC(NC(=O)Nc3cc(F)cc(F)c3)CC2)CC1.CC(C)Oc1ccccc1N1CCN(C2CCC(NC(=O)Nc3ccccc3OC(F)(F)F)CC2)CC1. The summed E-state index contributed by atoms with van der Waals surface area (Å²) < 4.78 is 113. The molecule has 6 aromatic rings. The highest BCUT2D eigenvalue weighted by Crippen LogP contribution is 2.37. The molecule has 6 aliphatic rings. The van der Waals surface area contributed by atoms with Crippen LogP contribution in [-0.4, -0.2) is 172 Å². The van der Waals surface area contributed by atoms with E-state index in [9.17, 15) is 45.1 Å². The van der Waals surface area contributed by atoms with E-state index in [0.29, 0.717) is 18.1 Å². The van der Waals surface area contributed by atoms with E-state index in [1.54, 1.807) is 6.07 Å². The Balaban J connectivity index is 0.000000169. The van der Waals surface area contributed by atoms with Gasteiger partial charge in [-0.25, -0.2) is 31.9 Å². The highest BCUT2D eigenvalue weighted by atomic mass is 19.4. The van der Waals surface area contributed by atoms with Crippen molar-refractivity contribution in [1.82, 2.24) is 30.7 Å². The predicted molar refractivity (Wildman–Crippen MR) is 398 cm³/mol. The molecule has 6 amide bonds. The van der Waals surface area contributed by atoms with E-state index < -0.39 is 53.5 Å². The summed E-state index contributed by atoms with van der Waals surface area (Å²) >= 11 is 0. The third-order valence-corrected chi connectivity index (χ3v) is 19.9. The van der Waals surface area contributed by atoms with Gasteiger partial charge in [0.05, 0.1) is 41.1 Å². The molecule has 0 atom stereocenters. The van der Waals surface area contributed by atoms with Crippen molar-refractivity contribution >= 4 is 52.2 Å². The number of amides is 6. The zero-order chi connectivity index (χ0) is 74.6. The van der Waals surface area contributed by atoms with Gasteiger partial charge in [-0.15, -0.1) is 13.2 Å². The van der Waals surface area contributed by atoms with Crippen molar-refractivity contribution in [3.8, 4) is 23.0 Å². The van der Waals surface area contributed by atoms with Crippen LogP contribution in [0.15, 0.2) is 133 Å². The van der Waals surface area contributed by atoms with Crippen molar-refractivity contribution in [1.29, 1.82) is 0 Å². The minimum Gasteiger partial charge on any atom is -0.489 e. The molecule has 0 unspecified atom stereocenters. The maximum absolute atomic E-state index is 13.3. The monoisotopic (exact) mass is 1460 g/mol. The van der Waals surface area contributed by atoms with Crippen LogP contribution in [-0.2, 0) is 0 Å². The number of benzene rings is 6. The summed E-state index contributed by atoms with van der Waals surface area (Å²) in [7, 11) is 0. The van der Waals surface area contributed by atoms with Crippen LogP contribution in [0.2, 0.25) is 0 Å². The first-order chi connectivity index (χ1) is 50.4. The Hall–Kier alpha value is -8.88. The van der Waals surface area contributed by atoms with E-state index in [4.69, 9.17) is 14.2 Å².